The predicted molar refractivity (Wildman–Crippen MR) is 51.8 cm³/mol. The molecule has 1 N–H and O–H groups in total. The van der Waals surface area contributed by atoms with E-state index in [1.165, 1.54) is 12.8 Å². The van der Waals surface area contributed by atoms with Gasteiger partial charge in [0.1, 0.15) is 0 Å². The lowest BCUT2D eigenvalue weighted by molar-refractivity contribution is -0.121. The van der Waals surface area contributed by atoms with Crippen molar-refractivity contribution in [2.45, 2.75) is 31.7 Å². The van der Waals surface area contributed by atoms with E-state index in [1.54, 1.807) is 0 Å². The quantitative estimate of drug-likeness (QED) is 0.719. The first kappa shape index (κ1) is 9.19. The topological polar surface area (TPSA) is 46.2 Å². The van der Waals surface area contributed by atoms with Crippen molar-refractivity contribution in [3.8, 4) is 0 Å². The molecule has 1 saturated heterocycles. The molecule has 1 aliphatic heterocycles. The largest absolute Gasteiger partial charge is 0.352 e. The van der Waals surface area contributed by atoms with Crippen LogP contribution in [0.5, 0.6) is 0 Å². The van der Waals surface area contributed by atoms with Crippen molar-refractivity contribution in [1.82, 2.24) is 5.32 Å². The Labute approximate surface area is 80.7 Å². The summed E-state index contributed by atoms with van der Waals surface area (Å²) in [6.07, 6.45) is 4.00. The zero-order chi connectivity index (χ0) is 9.26. The summed E-state index contributed by atoms with van der Waals surface area (Å²) in [5.41, 5.74) is 0. The molecule has 1 amide bonds. The van der Waals surface area contributed by atoms with E-state index in [4.69, 9.17) is 0 Å². The molecular weight excluding hydrogens is 186 g/mol. The van der Waals surface area contributed by atoms with Crippen molar-refractivity contribution in [2.24, 2.45) is 5.92 Å². The maximum Gasteiger partial charge on any atom is 0.220 e. The standard InChI is InChI=1S/C9H15NO2S/c11-9(5-7-1-2-7)10-8-3-4-13(12)6-8/h7-8H,1-6H2,(H,10,11). The Kier molecular flexibility index (Phi) is 2.67. The molecular formula is C9H15NO2S. The van der Waals surface area contributed by atoms with Crippen LogP contribution in [0.15, 0.2) is 0 Å². The van der Waals surface area contributed by atoms with E-state index in [1.807, 2.05) is 0 Å². The van der Waals surface area contributed by atoms with Crippen LogP contribution < -0.4 is 5.32 Å². The Hall–Kier alpha value is -0.380. The molecule has 1 aliphatic carbocycles. The van der Waals surface area contributed by atoms with E-state index >= 15 is 0 Å². The lowest BCUT2D eigenvalue weighted by atomic mass is 10.2. The third-order valence-corrected chi connectivity index (χ3v) is 4.08. The number of carbonyl (C=O) groups excluding carboxylic acids is 1. The lowest BCUT2D eigenvalue weighted by Gasteiger charge is -2.09. The molecule has 2 rings (SSSR count). The molecule has 2 aliphatic rings. The van der Waals surface area contributed by atoms with Crippen LogP contribution in [-0.4, -0.2) is 27.7 Å². The highest BCUT2D eigenvalue weighted by molar-refractivity contribution is 7.85. The molecule has 0 aromatic carbocycles. The molecule has 0 aromatic rings. The van der Waals surface area contributed by atoms with Crippen molar-refractivity contribution < 1.29 is 9.00 Å². The number of hydrogen-bond acceptors (Lipinski definition) is 2. The highest BCUT2D eigenvalue weighted by atomic mass is 32.2. The zero-order valence-corrected chi connectivity index (χ0v) is 8.44. The van der Waals surface area contributed by atoms with Crippen LogP contribution >= 0.6 is 0 Å². The molecule has 3 nitrogen and oxygen atoms in total. The zero-order valence-electron chi connectivity index (χ0n) is 7.62. The van der Waals surface area contributed by atoms with Gasteiger partial charge in [0.15, 0.2) is 0 Å². The van der Waals surface area contributed by atoms with Gasteiger partial charge in [0.2, 0.25) is 5.91 Å². The van der Waals surface area contributed by atoms with Crippen molar-refractivity contribution in [3.05, 3.63) is 0 Å². The minimum Gasteiger partial charge on any atom is -0.352 e. The summed E-state index contributed by atoms with van der Waals surface area (Å²) in [7, 11) is -0.681. The minimum absolute atomic E-state index is 0.159. The second kappa shape index (κ2) is 3.78. The van der Waals surface area contributed by atoms with Gasteiger partial charge >= 0.3 is 0 Å². The summed E-state index contributed by atoms with van der Waals surface area (Å²) >= 11 is 0. The van der Waals surface area contributed by atoms with E-state index < -0.39 is 10.8 Å². The number of hydrogen-bond donors (Lipinski definition) is 1. The second-order valence-corrected chi connectivity index (χ2v) is 5.63. The number of carbonyl (C=O) groups is 1. The Morgan fingerprint density at radius 3 is 2.69 bits per heavy atom. The van der Waals surface area contributed by atoms with E-state index in [2.05, 4.69) is 5.32 Å². The minimum atomic E-state index is -0.681. The smallest absolute Gasteiger partial charge is 0.220 e. The first-order valence-corrected chi connectivity index (χ1v) is 6.37. The van der Waals surface area contributed by atoms with Crippen molar-refractivity contribution >= 4 is 16.7 Å². The Morgan fingerprint density at radius 1 is 1.38 bits per heavy atom. The molecule has 4 heteroatoms. The fourth-order valence-corrected chi connectivity index (χ4v) is 3.06. The van der Waals surface area contributed by atoms with Gasteiger partial charge in [-0.3, -0.25) is 9.00 Å². The van der Waals surface area contributed by atoms with Crippen LogP contribution in [0, 0.1) is 5.92 Å². The average Bonchev–Trinajstić information content (AvgIpc) is 2.76. The third-order valence-electron chi connectivity index (χ3n) is 2.62. The Balaban J connectivity index is 1.70. The Morgan fingerprint density at radius 2 is 2.15 bits per heavy atom. The van der Waals surface area contributed by atoms with E-state index in [9.17, 15) is 9.00 Å². The highest BCUT2D eigenvalue weighted by Gasteiger charge is 2.27. The van der Waals surface area contributed by atoms with Gasteiger partial charge in [-0.2, -0.15) is 0 Å². The lowest BCUT2D eigenvalue weighted by Crippen LogP contribution is -2.35. The summed E-state index contributed by atoms with van der Waals surface area (Å²) in [5.74, 6) is 2.23. The van der Waals surface area contributed by atoms with Crippen molar-refractivity contribution in [1.29, 1.82) is 0 Å². The van der Waals surface area contributed by atoms with Gasteiger partial charge in [0, 0.05) is 34.8 Å². The average molecular weight is 201 g/mol. The number of amides is 1. The first-order valence-electron chi connectivity index (χ1n) is 4.88. The predicted octanol–water partition coefficient (Wildman–Crippen LogP) is 0.424. The molecule has 0 radical (unpaired) electrons. The SMILES string of the molecule is O=C(CC1CC1)NC1CCS(=O)C1. The fraction of sp³-hybridized carbons (Fsp3) is 0.889. The van der Waals surface area contributed by atoms with Gasteiger partial charge in [0.25, 0.3) is 0 Å². The molecule has 0 spiro atoms. The molecule has 0 bridgehead atoms. The molecule has 2 unspecified atom stereocenters. The summed E-state index contributed by atoms with van der Waals surface area (Å²) in [6, 6.07) is 0.187. The van der Waals surface area contributed by atoms with Gasteiger partial charge in [-0.1, -0.05) is 0 Å². The molecule has 2 atom stereocenters. The van der Waals surface area contributed by atoms with E-state index in [-0.39, 0.29) is 11.9 Å². The van der Waals surface area contributed by atoms with Crippen LogP contribution in [0.2, 0.25) is 0 Å². The third kappa shape index (κ3) is 2.79. The Bertz CT molecular complexity index is 238. The summed E-state index contributed by atoms with van der Waals surface area (Å²) in [5, 5.41) is 2.95. The summed E-state index contributed by atoms with van der Waals surface area (Å²) in [4.78, 5) is 11.3. The van der Waals surface area contributed by atoms with Gasteiger partial charge in [-0.05, 0) is 25.2 Å². The van der Waals surface area contributed by atoms with Crippen LogP contribution in [0.3, 0.4) is 0 Å². The molecule has 1 heterocycles. The van der Waals surface area contributed by atoms with E-state index in [0.29, 0.717) is 18.1 Å². The van der Waals surface area contributed by atoms with Crippen LogP contribution in [0.1, 0.15) is 25.7 Å². The van der Waals surface area contributed by atoms with E-state index in [0.717, 1.165) is 12.2 Å². The van der Waals surface area contributed by atoms with Crippen molar-refractivity contribution in [3.63, 3.8) is 0 Å². The molecule has 2 fully saturated rings. The molecule has 13 heavy (non-hydrogen) atoms. The number of nitrogens with one attached hydrogen (secondary N) is 1. The first-order chi connectivity index (χ1) is 6.24. The van der Waals surface area contributed by atoms with Gasteiger partial charge < -0.3 is 5.32 Å². The molecule has 1 saturated carbocycles. The number of rotatable bonds is 3. The van der Waals surface area contributed by atoms with Crippen LogP contribution in [-0.2, 0) is 15.6 Å². The van der Waals surface area contributed by atoms with Crippen LogP contribution in [0.25, 0.3) is 0 Å². The molecule has 74 valence electrons. The maximum absolute atomic E-state index is 11.3. The summed E-state index contributed by atoms with van der Waals surface area (Å²) < 4.78 is 11.0. The summed E-state index contributed by atoms with van der Waals surface area (Å²) in [6.45, 7) is 0. The van der Waals surface area contributed by atoms with Crippen molar-refractivity contribution in [2.75, 3.05) is 11.5 Å². The van der Waals surface area contributed by atoms with Crippen LogP contribution in [0.4, 0.5) is 0 Å². The second-order valence-electron chi connectivity index (χ2n) is 4.01. The normalized spacial score (nSPS) is 33.2. The maximum atomic E-state index is 11.3. The fourth-order valence-electron chi connectivity index (χ4n) is 1.65. The molecule has 0 aromatic heterocycles. The monoisotopic (exact) mass is 201 g/mol. The van der Waals surface area contributed by atoms with Gasteiger partial charge in [-0.25, -0.2) is 0 Å². The van der Waals surface area contributed by atoms with Gasteiger partial charge in [0.05, 0.1) is 0 Å². The van der Waals surface area contributed by atoms with Gasteiger partial charge in [-0.15, -0.1) is 0 Å². The highest BCUT2D eigenvalue weighted by Crippen LogP contribution is 2.32.